The van der Waals surface area contributed by atoms with Gasteiger partial charge in [0.1, 0.15) is 11.3 Å². The number of carbonyl (C=O) groups is 1. The Bertz CT molecular complexity index is 591. The molecule has 18 heavy (non-hydrogen) atoms. The maximum Gasteiger partial charge on any atom is 0.339 e. The molecule has 0 aliphatic carbocycles. The fourth-order valence-electron chi connectivity index (χ4n) is 1.71. The van der Waals surface area contributed by atoms with Crippen molar-refractivity contribution in [3.63, 3.8) is 0 Å². The lowest BCUT2D eigenvalue weighted by Gasteiger charge is -2.08. The highest BCUT2D eigenvalue weighted by Crippen LogP contribution is 2.32. The third-order valence-electron chi connectivity index (χ3n) is 2.56. The molecule has 0 aliphatic rings. The van der Waals surface area contributed by atoms with Gasteiger partial charge in [-0.1, -0.05) is 35.8 Å². The summed E-state index contributed by atoms with van der Waals surface area (Å²) < 4.78 is 0.876. The molecule has 0 aliphatic heterocycles. The van der Waals surface area contributed by atoms with E-state index in [9.17, 15) is 9.90 Å². The molecule has 96 valence electrons. The molecular weight excluding hydrogens is 296 g/mol. The molecule has 0 spiro atoms. The first kappa shape index (κ1) is 14.5. The number of aromatic carboxylic acids is 1. The zero-order chi connectivity index (χ0) is 13.9. The summed E-state index contributed by atoms with van der Waals surface area (Å²) in [5, 5.41) is 20.3. The van der Waals surface area contributed by atoms with Crippen LogP contribution in [0.2, 0.25) is 0 Å². The number of carboxylic acids is 1. The maximum atomic E-state index is 10.9. The first-order valence-electron chi connectivity index (χ1n) is 5.66. The lowest BCUT2D eigenvalue weighted by Crippen LogP contribution is -1.98. The Morgan fingerprint density at radius 3 is 2.39 bits per heavy atom. The van der Waals surface area contributed by atoms with Crippen LogP contribution >= 0.6 is 15.9 Å². The quantitative estimate of drug-likeness (QED) is 0.823. The van der Waals surface area contributed by atoms with Crippen molar-refractivity contribution >= 4 is 32.7 Å². The molecule has 0 amide bonds. The number of aromatic hydroxyl groups is 1. The Morgan fingerprint density at radius 2 is 1.83 bits per heavy atom. The van der Waals surface area contributed by atoms with Crippen LogP contribution in [-0.4, -0.2) is 16.2 Å². The van der Waals surface area contributed by atoms with Gasteiger partial charge < -0.3 is 10.2 Å². The number of rotatable bonds is 1. The van der Waals surface area contributed by atoms with Crippen molar-refractivity contribution in [2.75, 3.05) is 0 Å². The van der Waals surface area contributed by atoms with E-state index >= 15 is 0 Å². The molecule has 0 fully saturated rings. The van der Waals surface area contributed by atoms with E-state index in [1.165, 1.54) is 6.07 Å². The Hall–Kier alpha value is -1.55. The lowest BCUT2D eigenvalue weighted by atomic mass is 10.0. The number of fused-ring (bicyclic) bond motifs is 1. The molecule has 4 heteroatoms. The molecule has 0 aromatic heterocycles. The van der Waals surface area contributed by atoms with Gasteiger partial charge in [0.2, 0.25) is 0 Å². The van der Waals surface area contributed by atoms with Crippen LogP contribution in [0.5, 0.6) is 5.75 Å². The van der Waals surface area contributed by atoms with E-state index in [4.69, 9.17) is 5.11 Å². The molecule has 0 radical (unpaired) electrons. The largest absolute Gasteiger partial charge is 0.507 e. The van der Waals surface area contributed by atoms with E-state index in [1.807, 2.05) is 32.0 Å². The SMILES string of the molecule is CC.Cc1c(O)c(C(=O)O)cc2cc(Br)ccc12. The van der Waals surface area contributed by atoms with Crippen LogP contribution in [0.3, 0.4) is 0 Å². The normalized spacial score (nSPS) is 9.78. The Morgan fingerprint density at radius 1 is 1.22 bits per heavy atom. The molecule has 3 nitrogen and oxygen atoms in total. The molecule has 0 saturated carbocycles. The maximum absolute atomic E-state index is 10.9. The number of carboxylic acid groups (broad SMARTS) is 1. The minimum absolute atomic E-state index is 0.0666. The summed E-state index contributed by atoms with van der Waals surface area (Å²) in [5.41, 5.74) is 0.519. The minimum atomic E-state index is -1.12. The highest BCUT2D eigenvalue weighted by molar-refractivity contribution is 9.10. The molecular formula is C14H15BrO3. The van der Waals surface area contributed by atoms with Crippen LogP contribution in [0.4, 0.5) is 0 Å². The number of aryl methyl sites for hydroxylation is 1. The molecule has 2 aromatic rings. The van der Waals surface area contributed by atoms with Gasteiger partial charge in [0.15, 0.2) is 0 Å². The van der Waals surface area contributed by atoms with E-state index in [-0.39, 0.29) is 11.3 Å². The number of hydrogen-bond acceptors (Lipinski definition) is 2. The Kier molecular flexibility index (Phi) is 4.73. The second-order valence-electron chi connectivity index (χ2n) is 3.57. The minimum Gasteiger partial charge on any atom is -0.507 e. The Balaban J connectivity index is 0.000000771. The van der Waals surface area contributed by atoms with Gasteiger partial charge in [0.05, 0.1) is 0 Å². The number of hydrogen-bond donors (Lipinski definition) is 2. The van der Waals surface area contributed by atoms with Crippen molar-refractivity contribution in [1.29, 1.82) is 0 Å². The van der Waals surface area contributed by atoms with Crippen LogP contribution in [0.15, 0.2) is 28.7 Å². The predicted octanol–water partition coefficient (Wildman–Crippen LogP) is 4.34. The molecule has 2 N–H and O–H groups in total. The highest BCUT2D eigenvalue weighted by Gasteiger charge is 2.14. The fraction of sp³-hybridized carbons (Fsp3) is 0.214. The van der Waals surface area contributed by atoms with Gasteiger partial charge in [-0.3, -0.25) is 0 Å². The van der Waals surface area contributed by atoms with Crippen molar-refractivity contribution in [3.05, 3.63) is 39.9 Å². The summed E-state index contributed by atoms with van der Waals surface area (Å²) in [6, 6.07) is 7.01. The lowest BCUT2D eigenvalue weighted by molar-refractivity contribution is 0.0694. The van der Waals surface area contributed by atoms with E-state index in [0.717, 1.165) is 15.2 Å². The average molecular weight is 311 g/mol. The number of halogens is 1. The second kappa shape index (κ2) is 5.87. The van der Waals surface area contributed by atoms with Crippen molar-refractivity contribution in [2.24, 2.45) is 0 Å². The second-order valence-corrected chi connectivity index (χ2v) is 4.48. The summed E-state index contributed by atoms with van der Waals surface area (Å²) in [4.78, 5) is 10.9. The molecule has 2 aromatic carbocycles. The molecule has 0 saturated heterocycles. The summed E-state index contributed by atoms with van der Waals surface area (Å²) >= 11 is 3.33. The monoisotopic (exact) mass is 310 g/mol. The molecule has 0 atom stereocenters. The standard InChI is InChI=1S/C12H9BrO3.C2H6/c1-6-9-3-2-8(13)4-7(9)5-10(11(6)14)12(15)16;1-2/h2-5,14H,1H3,(H,15,16);1-2H3. The van der Waals surface area contributed by atoms with Gasteiger partial charge in [-0.15, -0.1) is 0 Å². The van der Waals surface area contributed by atoms with Gasteiger partial charge in [-0.25, -0.2) is 4.79 Å². The summed E-state index contributed by atoms with van der Waals surface area (Å²) in [5.74, 6) is -1.29. The van der Waals surface area contributed by atoms with Crippen molar-refractivity contribution in [1.82, 2.24) is 0 Å². The Labute approximate surface area is 114 Å². The summed E-state index contributed by atoms with van der Waals surface area (Å²) in [6.07, 6.45) is 0. The first-order chi connectivity index (χ1) is 8.50. The van der Waals surface area contributed by atoms with Gasteiger partial charge >= 0.3 is 5.97 Å². The number of benzene rings is 2. The summed E-state index contributed by atoms with van der Waals surface area (Å²) in [7, 11) is 0. The van der Waals surface area contributed by atoms with E-state index < -0.39 is 5.97 Å². The molecule has 0 heterocycles. The number of phenols is 1. The van der Waals surface area contributed by atoms with Crippen molar-refractivity contribution in [2.45, 2.75) is 20.8 Å². The van der Waals surface area contributed by atoms with Gasteiger partial charge in [0.25, 0.3) is 0 Å². The average Bonchev–Trinajstić information content (AvgIpc) is 2.35. The van der Waals surface area contributed by atoms with Crippen LogP contribution < -0.4 is 0 Å². The van der Waals surface area contributed by atoms with Crippen molar-refractivity contribution < 1.29 is 15.0 Å². The third-order valence-corrected chi connectivity index (χ3v) is 3.05. The van der Waals surface area contributed by atoms with E-state index in [0.29, 0.717) is 5.56 Å². The molecule has 0 bridgehead atoms. The van der Waals surface area contributed by atoms with Crippen LogP contribution in [0.1, 0.15) is 29.8 Å². The molecule has 2 rings (SSSR count). The van der Waals surface area contributed by atoms with Gasteiger partial charge in [0, 0.05) is 4.47 Å². The van der Waals surface area contributed by atoms with E-state index in [2.05, 4.69) is 15.9 Å². The van der Waals surface area contributed by atoms with Crippen LogP contribution in [0, 0.1) is 6.92 Å². The third kappa shape index (κ3) is 2.64. The van der Waals surface area contributed by atoms with Gasteiger partial charge in [-0.2, -0.15) is 0 Å². The zero-order valence-electron chi connectivity index (χ0n) is 10.5. The van der Waals surface area contributed by atoms with Crippen LogP contribution in [0.25, 0.3) is 10.8 Å². The first-order valence-corrected chi connectivity index (χ1v) is 6.45. The van der Waals surface area contributed by atoms with E-state index in [1.54, 1.807) is 6.92 Å². The predicted molar refractivity (Wildman–Crippen MR) is 76.4 cm³/mol. The highest BCUT2D eigenvalue weighted by atomic mass is 79.9. The van der Waals surface area contributed by atoms with Crippen molar-refractivity contribution in [3.8, 4) is 5.75 Å². The van der Waals surface area contributed by atoms with Gasteiger partial charge in [-0.05, 0) is 41.5 Å². The zero-order valence-corrected chi connectivity index (χ0v) is 12.1. The topological polar surface area (TPSA) is 57.5 Å². The van der Waals surface area contributed by atoms with Crippen LogP contribution in [-0.2, 0) is 0 Å². The fourth-order valence-corrected chi connectivity index (χ4v) is 2.09. The smallest absolute Gasteiger partial charge is 0.339 e. The summed E-state index contributed by atoms with van der Waals surface area (Å²) in [6.45, 7) is 5.71. The molecule has 0 unspecified atom stereocenters.